The largest absolute Gasteiger partial charge is 0.319 e. The summed E-state index contributed by atoms with van der Waals surface area (Å²) in [7, 11) is 0. The van der Waals surface area contributed by atoms with Crippen molar-refractivity contribution in [3.8, 4) is 0 Å². The van der Waals surface area contributed by atoms with Gasteiger partial charge in [-0.2, -0.15) is 0 Å². The van der Waals surface area contributed by atoms with Crippen molar-refractivity contribution in [2.24, 2.45) is 5.92 Å². The molecule has 0 bridgehead atoms. The van der Waals surface area contributed by atoms with Crippen LogP contribution in [0.4, 0.5) is 0 Å². The standard InChI is InChI=1S/C18H28N2O/c1-6-12(2)10-15(5)20-17(21)11-19-18(20)16-8-7-13(3)9-14(16)4/h7-9,12,15,18-19H,6,10-11H2,1-5H3. The number of nitrogens with one attached hydrogen (secondary N) is 1. The first-order valence-electron chi connectivity index (χ1n) is 8.05. The minimum absolute atomic E-state index is 0.0251. The van der Waals surface area contributed by atoms with E-state index in [0.717, 1.165) is 12.8 Å². The summed E-state index contributed by atoms with van der Waals surface area (Å²) in [5, 5.41) is 3.38. The second-order valence-electron chi connectivity index (χ2n) is 6.54. The van der Waals surface area contributed by atoms with Crippen molar-refractivity contribution in [3.05, 3.63) is 34.9 Å². The van der Waals surface area contributed by atoms with Gasteiger partial charge in [0.05, 0.1) is 6.54 Å². The Morgan fingerprint density at radius 3 is 2.67 bits per heavy atom. The zero-order valence-corrected chi connectivity index (χ0v) is 13.9. The Morgan fingerprint density at radius 1 is 1.33 bits per heavy atom. The van der Waals surface area contributed by atoms with Gasteiger partial charge in [0.25, 0.3) is 0 Å². The van der Waals surface area contributed by atoms with Gasteiger partial charge in [-0.1, -0.05) is 44.0 Å². The Kier molecular flexibility index (Phi) is 5.04. The summed E-state index contributed by atoms with van der Waals surface area (Å²) in [6.45, 7) is 11.3. The molecule has 1 N–H and O–H groups in total. The summed E-state index contributed by atoms with van der Waals surface area (Å²) >= 11 is 0. The highest BCUT2D eigenvalue weighted by atomic mass is 16.2. The molecule has 116 valence electrons. The minimum Gasteiger partial charge on any atom is -0.319 e. The molecule has 3 atom stereocenters. The fraction of sp³-hybridized carbons (Fsp3) is 0.611. The number of amides is 1. The number of rotatable bonds is 5. The van der Waals surface area contributed by atoms with Crippen LogP contribution in [0.15, 0.2) is 18.2 Å². The smallest absolute Gasteiger partial charge is 0.238 e. The number of benzene rings is 1. The van der Waals surface area contributed by atoms with Crippen molar-refractivity contribution in [1.29, 1.82) is 0 Å². The number of carbonyl (C=O) groups excluding carboxylic acids is 1. The van der Waals surface area contributed by atoms with E-state index in [1.54, 1.807) is 0 Å². The summed E-state index contributed by atoms with van der Waals surface area (Å²) < 4.78 is 0. The maximum atomic E-state index is 12.3. The van der Waals surface area contributed by atoms with Crippen LogP contribution in [-0.2, 0) is 4.79 Å². The van der Waals surface area contributed by atoms with Gasteiger partial charge < -0.3 is 4.90 Å². The molecule has 1 saturated heterocycles. The van der Waals surface area contributed by atoms with Crippen molar-refractivity contribution < 1.29 is 4.79 Å². The fourth-order valence-electron chi connectivity index (χ4n) is 3.27. The van der Waals surface area contributed by atoms with Gasteiger partial charge in [-0.15, -0.1) is 0 Å². The Balaban J connectivity index is 2.23. The highest BCUT2D eigenvalue weighted by Gasteiger charge is 2.35. The molecule has 1 aromatic carbocycles. The molecule has 21 heavy (non-hydrogen) atoms. The highest BCUT2D eigenvalue weighted by Crippen LogP contribution is 2.29. The average Bonchev–Trinajstić information content (AvgIpc) is 2.80. The molecular weight excluding hydrogens is 260 g/mol. The Labute approximate surface area is 128 Å². The third-order valence-electron chi connectivity index (χ3n) is 4.65. The number of hydrogen-bond acceptors (Lipinski definition) is 2. The molecule has 0 aromatic heterocycles. The molecular formula is C18H28N2O. The van der Waals surface area contributed by atoms with E-state index in [1.807, 2.05) is 4.90 Å². The van der Waals surface area contributed by atoms with Crippen LogP contribution in [-0.4, -0.2) is 23.4 Å². The van der Waals surface area contributed by atoms with Crippen molar-refractivity contribution in [2.75, 3.05) is 6.54 Å². The first-order valence-corrected chi connectivity index (χ1v) is 8.05. The molecule has 2 rings (SSSR count). The van der Waals surface area contributed by atoms with Crippen LogP contribution in [0.3, 0.4) is 0 Å². The first-order chi connectivity index (χ1) is 9.93. The highest BCUT2D eigenvalue weighted by molar-refractivity contribution is 5.81. The molecule has 3 nitrogen and oxygen atoms in total. The Morgan fingerprint density at radius 2 is 2.05 bits per heavy atom. The number of aryl methyl sites for hydroxylation is 2. The average molecular weight is 288 g/mol. The van der Waals surface area contributed by atoms with Crippen LogP contribution in [0.2, 0.25) is 0 Å². The van der Waals surface area contributed by atoms with E-state index in [0.29, 0.717) is 12.5 Å². The first kappa shape index (κ1) is 16.0. The predicted molar refractivity (Wildman–Crippen MR) is 87.0 cm³/mol. The Bertz CT molecular complexity index is 512. The summed E-state index contributed by atoms with van der Waals surface area (Å²) in [5.74, 6) is 0.865. The molecule has 1 aromatic rings. The molecule has 3 unspecified atom stereocenters. The zero-order valence-electron chi connectivity index (χ0n) is 13.9. The minimum atomic E-state index is 0.0251. The zero-order chi connectivity index (χ0) is 15.6. The van der Waals surface area contributed by atoms with E-state index in [4.69, 9.17) is 0 Å². The fourth-order valence-corrected chi connectivity index (χ4v) is 3.27. The lowest BCUT2D eigenvalue weighted by Gasteiger charge is -2.33. The van der Waals surface area contributed by atoms with Crippen LogP contribution < -0.4 is 5.32 Å². The van der Waals surface area contributed by atoms with Gasteiger partial charge in [-0.3, -0.25) is 10.1 Å². The maximum Gasteiger partial charge on any atom is 0.238 e. The molecule has 1 fully saturated rings. The van der Waals surface area contributed by atoms with Gasteiger partial charge in [0.15, 0.2) is 0 Å². The number of nitrogens with zero attached hydrogens (tertiary/aromatic N) is 1. The molecule has 0 spiro atoms. The monoisotopic (exact) mass is 288 g/mol. The number of hydrogen-bond donors (Lipinski definition) is 1. The van der Waals surface area contributed by atoms with Crippen LogP contribution in [0, 0.1) is 19.8 Å². The lowest BCUT2D eigenvalue weighted by Crippen LogP contribution is -2.39. The number of carbonyl (C=O) groups is 1. The predicted octanol–water partition coefficient (Wildman–Crippen LogP) is 3.56. The quantitative estimate of drug-likeness (QED) is 0.898. The van der Waals surface area contributed by atoms with Crippen LogP contribution in [0.1, 0.15) is 56.5 Å². The van der Waals surface area contributed by atoms with Gasteiger partial charge in [-0.25, -0.2) is 0 Å². The summed E-state index contributed by atoms with van der Waals surface area (Å²) in [5.41, 5.74) is 3.74. The molecule has 1 amide bonds. The van der Waals surface area contributed by atoms with Crippen LogP contribution in [0.25, 0.3) is 0 Å². The van der Waals surface area contributed by atoms with Crippen LogP contribution >= 0.6 is 0 Å². The van der Waals surface area contributed by atoms with E-state index >= 15 is 0 Å². The van der Waals surface area contributed by atoms with Crippen molar-refractivity contribution in [2.45, 2.75) is 59.7 Å². The molecule has 0 radical (unpaired) electrons. The molecule has 1 aliphatic rings. The lowest BCUT2D eigenvalue weighted by atomic mass is 9.97. The van der Waals surface area contributed by atoms with Gasteiger partial charge >= 0.3 is 0 Å². The molecule has 1 heterocycles. The second kappa shape index (κ2) is 6.61. The summed E-state index contributed by atoms with van der Waals surface area (Å²) in [4.78, 5) is 14.4. The van der Waals surface area contributed by atoms with E-state index in [1.165, 1.54) is 16.7 Å². The molecule has 1 aliphatic heterocycles. The third kappa shape index (κ3) is 3.46. The maximum absolute atomic E-state index is 12.3. The van der Waals surface area contributed by atoms with Crippen molar-refractivity contribution in [3.63, 3.8) is 0 Å². The van der Waals surface area contributed by atoms with Crippen molar-refractivity contribution in [1.82, 2.24) is 10.2 Å². The van der Waals surface area contributed by atoms with Gasteiger partial charge in [0.1, 0.15) is 6.17 Å². The van der Waals surface area contributed by atoms with Crippen molar-refractivity contribution >= 4 is 5.91 Å². The molecule has 0 aliphatic carbocycles. The van der Waals surface area contributed by atoms with Crippen LogP contribution in [0.5, 0.6) is 0 Å². The lowest BCUT2D eigenvalue weighted by molar-refractivity contribution is -0.130. The van der Waals surface area contributed by atoms with E-state index < -0.39 is 0 Å². The van der Waals surface area contributed by atoms with Gasteiger partial charge in [-0.05, 0) is 44.2 Å². The summed E-state index contributed by atoms with van der Waals surface area (Å²) in [6.07, 6.45) is 2.25. The van der Waals surface area contributed by atoms with Gasteiger partial charge in [0, 0.05) is 6.04 Å². The normalized spacial score (nSPS) is 21.7. The Hall–Kier alpha value is -1.35. The third-order valence-corrected chi connectivity index (χ3v) is 4.65. The van der Waals surface area contributed by atoms with E-state index in [-0.39, 0.29) is 18.1 Å². The molecule has 0 saturated carbocycles. The summed E-state index contributed by atoms with van der Waals surface area (Å²) in [6, 6.07) is 6.75. The van der Waals surface area contributed by atoms with Gasteiger partial charge in [0.2, 0.25) is 5.91 Å². The van der Waals surface area contributed by atoms with E-state index in [2.05, 4.69) is 58.1 Å². The molecule has 3 heteroatoms. The second-order valence-corrected chi connectivity index (χ2v) is 6.54. The topological polar surface area (TPSA) is 32.3 Å². The SMILES string of the molecule is CCC(C)CC(C)N1C(=O)CNC1c1ccc(C)cc1C. The van der Waals surface area contributed by atoms with E-state index in [9.17, 15) is 4.79 Å².